The molecule has 1 aromatic rings. The van der Waals surface area contributed by atoms with E-state index in [4.69, 9.17) is 4.74 Å². The lowest BCUT2D eigenvalue weighted by molar-refractivity contribution is -0.164. The summed E-state index contributed by atoms with van der Waals surface area (Å²) in [5, 5.41) is 4.56. The second kappa shape index (κ2) is 7.57. The average molecular weight is 330 g/mol. The van der Waals surface area contributed by atoms with Crippen LogP contribution < -0.4 is 15.4 Å². The number of ether oxygens (including phenoxy) is 1. The predicted octanol–water partition coefficient (Wildman–Crippen LogP) is 3.62. The van der Waals surface area contributed by atoms with Gasteiger partial charge in [-0.15, -0.1) is 0 Å². The lowest BCUT2D eigenvalue weighted by Gasteiger charge is -2.27. The van der Waals surface area contributed by atoms with Gasteiger partial charge in [-0.05, 0) is 36.5 Å². The first-order chi connectivity index (χ1) is 10.9. The minimum Gasteiger partial charge on any atom is -0.497 e. The summed E-state index contributed by atoms with van der Waals surface area (Å²) < 4.78 is 44.5. The number of urea groups is 1. The van der Waals surface area contributed by atoms with Crippen LogP contribution in [0.3, 0.4) is 0 Å². The van der Waals surface area contributed by atoms with Gasteiger partial charge in [0, 0.05) is 6.54 Å². The van der Waals surface area contributed by atoms with Crippen molar-refractivity contribution in [2.45, 2.75) is 44.4 Å². The molecule has 2 rings (SSSR count). The zero-order chi connectivity index (χ0) is 16.9. The zero-order valence-corrected chi connectivity index (χ0v) is 13.0. The number of alkyl halides is 3. The molecule has 0 radical (unpaired) electrons. The van der Waals surface area contributed by atoms with Gasteiger partial charge in [-0.1, -0.05) is 25.0 Å². The van der Waals surface area contributed by atoms with E-state index in [1.807, 2.05) is 0 Å². The molecule has 0 aliphatic heterocycles. The highest BCUT2D eigenvalue weighted by atomic mass is 19.4. The maximum atomic E-state index is 13.1. The summed E-state index contributed by atoms with van der Waals surface area (Å²) in [6.07, 6.45) is -1.86. The second-order valence-electron chi connectivity index (χ2n) is 5.74. The van der Waals surface area contributed by atoms with Crippen LogP contribution in [0, 0.1) is 5.92 Å². The lowest BCUT2D eigenvalue weighted by Crippen LogP contribution is -2.52. The molecule has 23 heavy (non-hydrogen) atoms. The molecule has 0 spiro atoms. The molecule has 128 valence electrons. The van der Waals surface area contributed by atoms with Gasteiger partial charge in [0.05, 0.1) is 7.11 Å². The molecule has 7 heteroatoms. The van der Waals surface area contributed by atoms with Crippen molar-refractivity contribution in [3.8, 4) is 5.75 Å². The standard InChI is InChI=1S/C16H21F3N2O2/c1-23-13-8-4-5-11(9-13)10-20-15(22)21-14(16(17,18)19)12-6-2-3-7-12/h4-5,8-9,12,14H,2-3,6-7,10H2,1H3,(H2,20,21,22). The van der Waals surface area contributed by atoms with Crippen LogP contribution >= 0.6 is 0 Å². The lowest BCUT2D eigenvalue weighted by atomic mass is 9.98. The quantitative estimate of drug-likeness (QED) is 0.866. The molecule has 1 unspecified atom stereocenters. The molecule has 2 amide bonds. The number of hydrogen-bond donors (Lipinski definition) is 2. The number of methoxy groups -OCH3 is 1. The summed E-state index contributed by atoms with van der Waals surface area (Å²) in [6, 6.07) is 4.41. The molecule has 2 N–H and O–H groups in total. The molecule has 4 nitrogen and oxygen atoms in total. The fourth-order valence-electron chi connectivity index (χ4n) is 2.91. The molecular formula is C16H21F3N2O2. The Balaban J connectivity index is 1.91. The third-order valence-electron chi connectivity index (χ3n) is 4.10. The molecule has 0 aromatic heterocycles. The zero-order valence-electron chi connectivity index (χ0n) is 13.0. The minimum atomic E-state index is -4.43. The van der Waals surface area contributed by atoms with Crippen LogP contribution in [0.4, 0.5) is 18.0 Å². The van der Waals surface area contributed by atoms with Gasteiger partial charge in [-0.2, -0.15) is 13.2 Å². The van der Waals surface area contributed by atoms with Crippen molar-refractivity contribution in [3.63, 3.8) is 0 Å². The maximum absolute atomic E-state index is 13.1. The molecule has 1 aliphatic rings. The van der Waals surface area contributed by atoms with E-state index in [1.54, 1.807) is 24.3 Å². The summed E-state index contributed by atoms with van der Waals surface area (Å²) in [5.41, 5.74) is 0.754. The van der Waals surface area contributed by atoms with E-state index < -0.39 is 24.2 Å². The van der Waals surface area contributed by atoms with Gasteiger partial charge >= 0.3 is 12.2 Å². The molecule has 1 fully saturated rings. The van der Waals surface area contributed by atoms with Crippen LogP contribution in [0.2, 0.25) is 0 Å². The molecule has 1 aliphatic carbocycles. The molecule has 0 saturated heterocycles. The van der Waals surface area contributed by atoms with Crippen LogP contribution in [-0.2, 0) is 6.54 Å². The van der Waals surface area contributed by atoms with Gasteiger partial charge in [0.25, 0.3) is 0 Å². The normalized spacial score (nSPS) is 16.9. The first-order valence-electron chi connectivity index (χ1n) is 7.64. The number of halogens is 3. The van der Waals surface area contributed by atoms with Crippen molar-refractivity contribution in [2.24, 2.45) is 5.92 Å². The van der Waals surface area contributed by atoms with E-state index >= 15 is 0 Å². The number of nitrogens with one attached hydrogen (secondary N) is 2. The SMILES string of the molecule is COc1cccc(CNC(=O)NC(C2CCCC2)C(F)(F)F)c1. The first-order valence-corrected chi connectivity index (χ1v) is 7.64. The Morgan fingerprint density at radius 1 is 1.35 bits per heavy atom. The second-order valence-corrected chi connectivity index (χ2v) is 5.74. The summed E-state index contributed by atoms with van der Waals surface area (Å²) in [7, 11) is 1.52. The topological polar surface area (TPSA) is 50.4 Å². The van der Waals surface area contributed by atoms with E-state index in [9.17, 15) is 18.0 Å². The number of benzene rings is 1. The first kappa shape index (κ1) is 17.4. The molecule has 1 aromatic carbocycles. The Morgan fingerprint density at radius 3 is 2.65 bits per heavy atom. The van der Waals surface area contributed by atoms with Crippen molar-refractivity contribution in [2.75, 3.05) is 7.11 Å². The van der Waals surface area contributed by atoms with Gasteiger partial charge in [0.2, 0.25) is 0 Å². The largest absolute Gasteiger partial charge is 0.497 e. The average Bonchev–Trinajstić information content (AvgIpc) is 3.03. The number of carbonyl (C=O) groups is 1. The fraction of sp³-hybridized carbons (Fsp3) is 0.562. The number of hydrogen-bond acceptors (Lipinski definition) is 2. The highest BCUT2D eigenvalue weighted by Crippen LogP contribution is 2.35. The molecule has 1 saturated carbocycles. The van der Waals surface area contributed by atoms with Crippen molar-refractivity contribution < 1.29 is 22.7 Å². The van der Waals surface area contributed by atoms with E-state index in [-0.39, 0.29) is 6.54 Å². The van der Waals surface area contributed by atoms with E-state index in [0.29, 0.717) is 18.6 Å². The fourth-order valence-corrected chi connectivity index (χ4v) is 2.91. The van der Waals surface area contributed by atoms with Gasteiger partial charge in [0.15, 0.2) is 0 Å². The predicted molar refractivity (Wildman–Crippen MR) is 80.2 cm³/mol. The van der Waals surface area contributed by atoms with Crippen molar-refractivity contribution in [1.82, 2.24) is 10.6 Å². The Hall–Kier alpha value is -1.92. The molecule has 0 bridgehead atoms. The highest BCUT2D eigenvalue weighted by Gasteiger charge is 2.46. The smallest absolute Gasteiger partial charge is 0.408 e. The van der Waals surface area contributed by atoms with Gasteiger partial charge < -0.3 is 15.4 Å². The van der Waals surface area contributed by atoms with Crippen LogP contribution in [0.25, 0.3) is 0 Å². The van der Waals surface area contributed by atoms with Crippen LogP contribution in [0.1, 0.15) is 31.2 Å². The third kappa shape index (κ3) is 5.04. The van der Waals surface area contributed by atoms with Crippen molar-refractivity contribution in [1.29, 1.82) is 0 Å². The van der Waals surface area contributed by atoms with Crippen molar-refractivity contribution in [3.05, 3.63) is 29.8 Å². The number of carbonyl (C=O) groups excluding carboxylic acids is 1. The molecule has 1 atom stereocenters. The summed E-state index contributed by atoms with van der Waals surface area (Å²) in [6.45, 7) is 0.137. The molecular weight excluding hydrogens is 309 g/mol. The molecule has 0 heterocycles. The van der Waals surface area contributed by atoms with Gasteiger partial charge in [0.1, 0.15) is 11.8 Å². The number of amides is 2. The Kier molecular flexibility index (Phi) is 5.74. The Bertz CT molecular complexity index is 528. The number of rotatable bonds is 5. The van der Waals surface area contributed by atoms with E-state index in [0.717, 1.165) is 18.4 Å². The third-order valence-corrected chi connectivity index (χ3v) is 4.10. The summed E-state index contributed by atoms with van der Waals surface area (Å²) >= 11 is 0. The Labute approximate surface area is 133 Å². The Morgan fingerprint density at radius 2 is 2.04 bits per heavy atom. The summed E-state index contributed by atoms with van der Waals surface area (Å²) in [5.74, 6) is 0.0985. The monoisotopic (exact) mass is 330 g/mol. The van der Waals surface area contributed by atoms with E-state index in [1.165, 1.54) is 7.11 Å². The van der Waals surface area contributed by atoms with Crippen LogP contribution in [0.5, 0.6) is 5.75 Å². The minimum absolute atomic E-state index is 0.137. The van der Waals surface area contributed by atoms with Crippen molar-refractivity contribution >= 4 is 6.03 Å². The van der Waals surface area contributed by atoms with Gasteiger partial charge in [-0.25, -0.2) is 4.79 Å². The van der Waals surface area contributed by atoms with Crippen LogP contribution in [0.15, 0.2) is 24.3 Å². The van der Waals surface area contributed by atoms with Crippen LogP contribution in [-0.4, -0.2) is 25.4 Å². The van der Waals surface area contributed by atoms with E-state index in [2.05, 4.69) is 10.6 Å². The highest BCUT2D eigenvalue weighted by molar-refractivity contribution is 5.74. The maximum Gasteiger partial charge on any atom is 0.408 e. The summed E-state index contributed by atoms with van der Waals surface area (Å²) in [4.78, 5) is 11.8. The van der Waals surface area contributed by atoms with Gasteiger partial charge in [-0.3, -0.25) is 0 Å².